The molecule has 0 aliphatic carbocycles. The highest BCUT2D eigenvalue weighted by atomic mass is 16.5. The highest BCUT2D eigenvalue weighted by molar-refractivity contribution is 6.38. The first-order chi connectivity index (χ1) is 11.7. The van der Waals surface area contributed by atoms with Crippen LogP contribution in [0.1, 0.15) is 18.4 Å². The summed E-state index contributed by atoms with van der Waals surface area (Å²) in [5, 5.41) is 14.4. The molecule has 0 radical (unpaired) electrons. The molecule has 0 atom stereocenters. The quantitative estimate of drug-likeness (QED) is 0.643. The molecule has 1 aliphatic heterocycles. The minimum atomic E-state index is -0.661. The van der Waals surface area contributed by atoms with Gasteiger partial charge >= 0.3 is 5.97 Å². The first kappa shape index (κ1) is 15.4. The summed E-state index contributed by atoms with van der Waals surface area (Å²) in [6, 6.07) is 17.3. The molecular weight excluding hydrogens is 306 g/mol. The summed E-state index contributed by atoms with van der Waals surface area (Å²) >= 11 is 0. The second-order valence-corrected chi connectivity index (χ2v) is 5.09. The zero-order valence-electron chi connectivity index (χ0n) is 12.7. The van der Waals surface area contributed by atoms with Crippen molar-refractivity contribution in [3.63, 3.8) is 0 Å². The van der Waals surface area contributed by atoms with Gasteiger partial charge < -0.3 is 4.74 Å². The molecule has 0 aromatic heterocycles. The lowest BCUT2D eigenvalue weighted by Gasteiger charge is -2.22. The van der Waals surface area contributed by atoms with Gasteiger partial charge in [0.25, 0.3) is 0 Å². The molecule has 0 N–H and O–H groups in total. The zero-order valence-corrected chi connectivity index (χ0v) is 12.7. The highest BCUT2D eigenvalue weighted by Crippen LogP contribution is 2.21. The number of ether oxygens (including phenoxy) is 1. The van der Waals surface area contributed by atoms with E-state index in [0.29, 0.717) is 5.69 Å². The second-order valence-electron chi connectivity index (χ2n) is 5.09. The van der Waals surface area contributed by atoms with Crippen LogP contribution in [0, 0.1) is 11.3 Å². The molecule has 0 unspecified atom stereocenters. The maximum atomic E-state index is 12.3. The molecule has 118 valence electrons. The van der Waals surface area contributed by atoms with E-state index in [2.05, 4.69) is 5.10 Å². The summed E-state index contributed by atoms with van der Waals surface area (Å²) in [5.74, 6) is -0.669. The van der Waals surface area contributed by atoms with Crippen LogP contribution < -0.4 is 9.75 Å². The van der Waals surface area contributed by atoms with Gasteiger partial charge in [0.15, 0.2) is 0 Å². The monoisotopic (exact) mass is 319 g/mol. The number of hydrogen-bond acceptors (Lipinski definition) is 5. The number of carbonyl (C=O) groups excluding carboxylic acids is 2. The van der Waals surface area contributed by atoms with E-state index in [1.807, 2.05) is 12.1 Å². The van der Waals surface area contributed by atoms with E-state index in [1.54, 1.807) is 48.5 Å². The van der Waals surface area contributed by atoms with Gasteiger partial charge in [-0.1, -0.05) is 30.3 Å². The molecule has 1 aliphatic rings. The maximum Gasteiger partial charge on any atom is 0.359 e. The van der Waals surface area contributed by atoms with Crippen molar-refractivity contribution in [2.75, 3.05) is 5.01 Å². The van der Waals surface area contributed by atoms with Crippen molar-refractivity contribution in [1.29, 1.82) is 5.26 Å². The van der Waals surface area contributed by atoms with Gasteiger partial charge in [0.1, 0.15) is 17.5 Å². The third-order valence-electron chi connectivity index (χ3n) is 3.48. The van der Waals surface area contributed by atoms with Gasteiger partial charge in [-0.3, -0.25) is 4.79 Å². The highest BCUT2D eigenvalue weighted by Gasteiger charge is 2.27. The number of hydrogen-bond donors (Lipinski definition) is 0. The number of esters is 1. The molecule has 2 aromatic carbocycles. The maximum absolute atomic E-state index is 12.3. The Kier molecular flexibility index (Phi) is 4.34. The molecule has 24 heavy (non-hydrogen) atoms. The summed E-state index contributed by atoms with van der Waals surface area (Å²) in [4.78, 5) is 24.4. The standard InChI is InChI=1S/C18H13N3O3/c19-12-13-6-4-5-9-16(13)24-18(23)15-10-11-17(22)21(20-15)14-7-2-1-3-8-14/h1-9H,10-11H2. The normalized spacial score (nSPS) is 13.9. The van der Waals surface area contributed by atoms with Gasteiger partial charge in [0, 0.05) is 12.8 Å². The van der Waals surface area contributed by atoms with E-state index in [4.69, 9.17) is 10.00 Å². The van der Waals surface area contributed by atoms with Crippen LogP contribution in [0.2, 0.25) is 0 Å². The topological polar surface area (TPSA) is 82.8 Å². The SMILES string of the molecule is N#Cc1ccccc1OC(=O)C1=NN(c2ccccc2)C(=O)CC1. The Labute approximate surface area is 138 Å². The third kappa shape index (κ3) is 3.15. The summed E-state index contributed by atoms with van der Waals surface area (Å²) < 4.78 is 5.27. The Bertz CT molecular complexity index is 853. The molecule has 0 fully saturated rings. The van der Waals surface area contributed by atoms with Crippen LogP contribution in [0.4, 0.5) is 5.69 Å². The number of nitriles is 1. The summed E-state index contributed by atoms with van der Waals surface area (Å²) in [5.41, 5.74) is 0.995. The van der Waals surface area contributed by atoms with E-state index in [-0.39, 0.29) is 35.8 Å². The number of benzene rings is 2. The van der Waals surface area contributed by atoms with Gasteiger partial charge in [-0.05, 0) is 24.3 Å². The van der Waals surface area contributed by atoms with Crippen molar-refractivity contribution >= 4 is 23.3 Å². The van der Waals surface area contributed by atoms with E-state index in [1.165, 1.54) is 5.01 Å². The predicted octanol–water partition coefficient (Wildman–Crippen LogP) is 2.65. The zero-order chi connectivity index (χ0) is 16.9. The Morgan fingerprint density at radius 1 is 1.08 bits per heavy atom. The lowest BCUT2D eigenvalue weighted by atomic mass is 10.1. The van der Waals surface area contributed by atoms with Crippen LogP contribution in [0.15, 0.2) is 59.7 Å². The summed E-state index contributed by atoms with van der Waals surface area (Å²) in [6.45, 7) is 0. The fraction of sp³-hybridized carbons (Fsp3) is 0.111. The van der Waals surface area contributed by atoms with Crippen molar-refractivity contribution in [2.24, 2.45) is 5.10 Å². The van der Waals surface area contributed by atoms with Gasteiger partial charge in [0.2, 0.25) is 5.91 Å². The van der Waals surface area contributed by atoms with Crippen molar-refractivity contribution in [3.8, 4) is 11.8 Å². The van der Waals surface area contributed by atoms with Crippen LogP contribution in [-0.2, 0) is 9.59 Å². The lowest BCUT2D eigenvalue weighted by Crippen LogP contribution is -2.35. The molecule has 0 saturated heterocycles. The van der Waals surface area contributed by atoms with Crippen LogP contribution in [0.25, 0.3) is 0 Å². The molecule has 6 heteroatoms. The first-order valence-electron chi connectivity index (χ1n) is 7.36. The van der Waals surface area contributed by atoms with Gasteiger partial charge in [-0.15, -0.1) is 0 Å². The summed E-state index contributed by atoms with van der Waals surface area (Å²) in [7, 11) is 0. The minimum absolute atomic E-state index is 0.145. The summed E-state index contributed by atoms with van der Waals surface area (Å²) in [6.07, 6.45) is 0.373. The minimum Gasteiger partial charge on any atom is -0.421 e. The van der Waals surface area contributed by atoms with Crippen LogP contribution in [0.5, 0.6) is 5.75 Å². The van der Waals surface area contributed by atoms with Crippen LogP contribution >= 0.6 is 0 Å². The van der Waals surface area contributed by atoms with E-state index >= 15 is 0 Å². The first-order valence-corrected chi connectivity index (χ1v) is 7.36. The van der Waals surface area contributed by atoms with Crippen LogP contribution in [-0.4, -0.2) is 17.6 Å². The Balaban J connectivity index is 1.84. The fourth-order valence-electron chi connectivity index (χ4n) is 2.28. The van der Waals surface area contributed by atoms with Crippen LogP contribution in [0.3, 0.4) is 0 Å². The molecular formula is C18H13N3O3. The molecule has 1 amide bonds. The van der Waals surface area contributed by atoms with Crippen molar-refractivity contribution in [2.45, 2.75) is 12.8 Å². The number of anilines is 1. The van der Waals surface area contributed by atoms with Crippen molar-refractivity contribution in [1.82, 2.24) is 0 Å². The Hall–Kier alpha value is -3.46. The number of hydrazone groups is 1. The molecule has 6 nitrogen and oxygen atoms in total. The van der Waals surface area contributed by atoms with Gasteiger partial charge in [0.05, 0.1) is 11.3 Å². The second kappa shape index (κ2) is 6.75. The van der Waals surface area contributed by atoms with Gasteiger partial charge in [-0.2, -0.15) is 10.4 Å². The largest absolute Gasteiger partial charge is 0.421 e. The molecule has 3 rings (SSSR count). The molecule has 1 heterocycles. The molecule has 2 aromatic rings. The Morgan fingerprint density at radius 2 is 1.79 bits per heavy atom. The average molecular weight is 319 g/mol. The third-order valence-corrected chi connectivity index (χ3v) is 3.48. The molecule has 0 saturated carbocycles. The smallest absolute Gasteiger partial charge is 0.359 e. The van der Waals surface area contributed by atoms with Crippen molar-refractivity contribution < 1.29 is 14.3 Å². The Morgan fingerprint density at radius 3 is 2.54 bits per heavy atom. The molecule has 0 bridgehead atoms. The number of amides is 1. The number of para-hydroxylation sites is 2. The van der Waals surface area contributed by atoms with E-state index in [0.717, 1.165) is 0 Å². The number of nitrogens with zero attached hydrogens (tertiary/aromatic N) is 3. The van der Waals surface area contributed by atoms with E-state index in [9.17, 15) is 9.59 Å². The average Bonchev–Trinajstić information content (AvgIpc) is 2.63. The molecule has 0 spiro atoms. The predicted molar refractivity (Wildman–Crippen MR) is 87.4 cm³/mol. The number of rotatable bonds is 3. The van der Waals surface area contributed by atoms with Crippen molar-refractivity contribution in [3.05, 3.63) is 60.2 Å². The number of carbonyl (C=O) groups is 2. The fourth-order valence-corrected chi connectivity index (χ4v) is 2.28. The lowest BCUT2D eigenvalue weighted by molar-refractivity contribution is -0.127. The van der Waals surface area contributed by atoms with Gasteiger partial charge in [-0.25, -0.2) is 9.80 Å². The van der Waals surface area contributed by atoms with E-state index < -0.39 is 5.97 Å².